The van der Waals surface area contributed by atoms with Crippen LogP contribution in [0.2, 0.25) is 0 Å². The summed E-state index contributed by atoms with van der Waals surface area (Å²) >= 11 is 0. The van der Waals surface area contributed by atoms with Gasteiger partial charge in [0.1, 0.15) is 40.6 Å². The zero-order valence-corrected chi connectivity index (χ0v) is 24.6. The number of amides is 2. The number of pyridine rings is 1. The summed E-state index contributed by atoms with van der Waals surface area (Å²) in [6, 6.07) is 12.3. The number of hydrogen-bond acceptors (Lipinski definition) is 8. The molecule has 0 bridgehead atoms. The smallest absolute Gasteiger partial charge is 0.251 e. The van der Waals surface area contributed by atoms with Gasteiger partial charge >= 0.3 is 0 Å². The van der Waals surface area contributed by atoms with E-state index in [0.29, 0.717) is 45.1 Å². The van der Waals surface area contributed by atoms with Crippen molar-refractivity contribution >= 4 is 11.8 Å². The standard InChI is InChI=1S/C33H32FN5O5/c1-18-14-37-25(15-36-18)23-12-20(6-11-26(23)44-22-9-10-22)30(40)38-16-33(3,42)27-13-24-29(43-17-32(24,2)31(35)41)28(39-27)19-4-7-21(34)8-5-19/h4-8,11-15,22,42H,9-10,16-17H2,1-3H3,(H2,35,41)(H,38,40)/t32-,33-/m0/s1. The van der Waals surface area contributed by atoms with Gasteiger partial charge in [-0.25, -0.2) is 9.37 Å². The molecule has 0 spiro atoms. The zero-order valence-electron chi connectivity index (χ0n) is 24.6. The minimum absolute atomic E-state index is 0.00990. The number of carbonyl (C=O) groups excluding carboxylic acids is 2. The number of aliphatic hydroxyl groups is 1. The number of primary amides is 1. The highest BCUT2D eigenvalue weighted by molar-refractivity contribution is 5.96. The van der Waals surface area contributed by atoms with Crippen molar-refractivity contribution in [1.82, 2.24) is 20.3 Å². The number of aryl methyl sites for hydroxylation is 1. The van der Waals surface area contributed by atoms with Gasteiger partial charge in [-0.1, -0.05) is 0 Å². The van der Waals surface area contributed by atoms with E-state index in [2.05, 4.69) is 20.3 Å². The van der Waals surface area contributed by atoms with Crippen molar-refractivity contribution in [3.05, 3.63) is 89.3 Å². The molecule has 6 rings (SSSR count). The minimum atomic E-state index is -1.68. The number of nitrogens with zero attached hydrogens (tertiary/aromatic N) is 3. The molecular weight excluding hydrogens is 565 g/mol. The highest BCUT2D eigenvalue weighted by Gasteiger charge is 2.45. The molecule has 0 radical (unpaired) electrons. The van der Waals surface area contributed by atoms with Crippen LogP contribution in [0.15, 0.2) is 60.9 Å². The molecule has 0 saturated heterocycles. The topological polar surface area (TPSA) is 150 Å². The molecule has 2 atom stereocenters. The average Bonchev–Trinajstić information content (AvgIpc) is 3.76. The Morgan fingerprint density at radius 1 is 1.16 bits per heavy atom. The fourth-order valence-corrected chi connectivity index (χ4v) is 4.98. The number of ether oxygens (including phenoxy) is 2. The van der Waals surface area contributed by atoms with E-state index in [1.807, 2.05) is 6.92 Å². The molecule has 4 aromatic rings. The van der Waals surface area contributed by atoms with Gasteiger partial charge in [-0.15, -0.1) is 0 Å². The maximum Gasteiger partial charge on any atom is 0.251 e. The SMILES string of the molecule is Cc1cnc(-c2cc(C(=O)NC[C@](C)(O)c3cc4c(c(-c5ccc(F)cc5)n3)OC[C@]4(C)C(N)=O)ccc2OC2CC2)cn1. The van der Waals surface area contributed by atoms with E-state index in [4.69, 9.17) is 15.2 Å². The molecule has 226 valence electrons. The largest absolute Gasteiger partial charge is 0.490 e. The highest BCUT2D eigenvalue weighted by atomic mass is 19.1. The summed E-state index contributed by atoms with van der Waals surface area (Å²) in [6.07, 6.45) is 5.38. The van der Waals surface area contributed by atoms with E-state index >= 15 is 0 Å². The van der Waals surface area contributed by atoms with E-state index in [1.165, 1.54) is 31.2 Å². The van der Waals surface area contributed by atoms with E-state index in [9.17, 15) is 19.1 Å². The molecule has 2 aromatic carbocycles. The van der Waals surface area contributed by atoms with E-state index in [1.54, 1.807) is 43.6 Å². The number of nitrogens with one attached hydrogen (secondary N) is 1. The van der Waals surface area contributed by atoms with E-state index < -0.39 is 28.6 Å². The molecule has 1 aliphatic heterocycles. The zero-order chi connectivity index (χ0) is 31.2. The number of hydrogen-bond donors (Lipinski definition) is 3. The second-order valence-electron chi connectivity index (χ2n) is 11.8. The van der Waals surface area contributed by atoms with Gasteiger partial charge in [0.2, 0.25) is 5.91 Å². The Kier molecular flexibility index (Phi) is 7.28. The minimum Gasteiger partial charge on any atom is -0.490 e. The molecule has 44 heavy (non-hydrogen) atoms. The van der Waals surface area contributed by atoms with Gasteiger partial charge < -0.3 is 25.6 Å². The second-order valence-corrected chi connectivity index (χ2v) is 11.8. The molecule has 1 saturated carbocycles. The summed E-state index contributed by atoms with van der Waals surface area (Å²) in [5.41, 5.74) is 6.69. The summed E-state index contributed by atoms with van der Waals surface area (Å²) in [5, 5.41) is 14.4. The number of rotatable bonds is 9. The first-order valence-corrected chi connectivity index (χ1v) is 14.3. The van der Waals surface area contributed by atoms with Crippen LogP contribution in [-0.2, 0) is 15.8 Å². The molecule has 2 aliphatic rings. The van der Waals surface area contributed by atoms with Crippen LogP contribution in [0.25, 0.3) is 22.5 Å². The molecule has 11 heteroatoms. The molecule has 4 N–H and O–H groups in total. The van der Waals surface area contributed by atoms with Crippen LogP contribution >= 0.6 is 0 Å². The van der Waals surface area contributed by atoms with Crippen LogP contribution in [0, 0.1) is 12.7 Å². The number of halogens is 1. The molecule has 1 fully saturated rings. The number of nitrogens with two attached hydrogens (primary N) is 1. The predicted molar refractivity (Wildman–Crippen MR) is 159 cm³/mol. The molecule has 0 unspecified atom stereocenters. The van der Waals surface area contributed by atoms with Gasteiger partial charge in [-0.05, 0) is 82.1 Å². The van der Waals surface area contributed by atoms with Gasteiger partial charge in [0.05, 0.1) is 35.9 Å². The molecule has 3 heterocycles. The van der Waals surface area contributed by atoms with Gasteiger partial charge in [0, 0.05) is 28.5 Å². The molecule has 2 amide bonds. The Morgan fingerprint density at radius 3 is 2.57 bits per heavy atom. The molecule has 10 nitrogen and oxygen atoms in total. The van der Waals surface area contributed by atoms with Crippen LogP contribution in [0.4, 0.5) is 4.39 Å². The lowest BCUT2D eigenvalue weighted by Crippen LogP contribution is -2.41. The van der Waals surface area contributed by atoms with Crippen LogP contribution < -0.4 is 20.5 Å². The van der Waals surface area contributed by atoms with Gasteiger partial charge in [0.25, 0.3) is 5.91 Å². The summed E-state index contributed by atoms with van der Waals surface area (Å²) < 4.78 is 25.6. The van der Waals surface area contributed by atoms with Crippen molar-refractivity contribution in [2.24, 2.45) is 5.73 Å². The second kappa shape index (κ2) is 11.0. The lowest BCUT2D eigenvalue weighted by Gasteiger charge is -2.26. The van der Waals surface area contributed by atoms with Crippen LogP contribution in [0.3, 0.4) is 0 Å². The van der Waals surface area contributed by atoms with Crippen LogP contribution in [0.5, 0.6) is 11.5 Å². The lowest BCUT2D eigenvalue weighted by atomic mass is 9.82. The third-order valence-electron chi connectivity index (χ3n) is 8.00. The van der Waals surface area contributed by atoms with Crippen molar-refractivity contribution in [3.63, 3.8) is 0 Å². The third kappa shape index (κ3) is 5.58. The van der Waals surface area contributed by atoms with Crippen molar-refractivity contribution in [1.29, 1.82) is 0 Å². The summed E-state index contributed by atoms with van der Waals surface area (Å²) in [7, 11) is 0. The average molecular weight is 598 g/mol. The quantitative estimate of drug-likeness (QED) is 0.262. The monoisotopic (exact) mass is 597 g/mol. The number of aromatic nitrogens is 3. The van der Waals surface area contributed by atoms with Crippen LogP contribution in [0.1, 0.15) is 54.0 Å². The van der Waals surface area contributed by atoms with Gasteiger partial charge in [-0.3, -0.25) is 19.6 Å². The Bertz CT molecular complexity index is 1760. The number of benzene rings is 2. The normalized spacial score (nSPS) is 18.6. The summed E-state index contributed by atoms with van der Waals surface area (Å²) in [6.45, 7) is 4.78. The molecular formula is C33H32FN5O5. The van der Waals surface area contributed by atoms with E-state index in [-0.39, 0.29) is 24.9 Å². The predicted octanol–water partition coefficient (Wildman–Crippen LogP) is 3.97. The van der Waals surface area contributed by atoms with Crippen molar-refractivity contribution in [3.8, 4) is 34.0 Å². The number of carbonyl (C=O) groups is 2. The third-order valence-corrected chi connectivity index (χ3v) is 8.00. The fourth-order valence-electron chi connectivity index (χ4n) is 4.98. The number of fused-ring (bicyclic) bond motifs is 1. The summed E-state index contributed by atoms with van der Waals surface area (Å²) in [4.78, 5) is 39.3. The molecule has 1 aliphatic carbocycles. The Labute approximate surface area is 253 Å². The maximum absolute atomic E-state index is 13.7. The van der Waals surface area contributed by atoms with Gasteiger partial charge in [0.15, 0.2) is 0 Å². The van der Waals surface area contributed by atoms with Crippen LogP contribution in [-0.4, -0.2) is 51.1 Å². The molecule has 2 aromatic heterocycles. The van der Waals surface area contributed by atoms with Crippen molar-refractivity contribution in [2.45, 2.75) is 50.7 Å². The maximum atomic E-state index is 13.7. The first-order valence-electron chi connectivity index (χ1n) is 14.3. The Morgan fingerprint density at radius 2 is 1.91 bits per heavy atom. The fraction of sp³-hybridized carbons (Fsp3) is 0.303. The van der Waals surface area contributed by atoms with E-state index in [0.717, 1.165) is 18.5 Å². The van der Waals surface area contributed by atoms with Gasteiger partial charge in [-0.2, -0.15) is 0 Å². The Hall–Kier alpha value is -4.90. The van der Waals surface area contributed by atoms with Crippen molar-refractivity contribution < 1.29 is 28.6 Å². The first-order chi connectivity index (χ1) is 20.9. The van der Waals surface area contributed by atoms with Crippen molar-refractivity contribution in [2.75, 3.05) is 13.2 Å². The first kappa shape index (κ1) is 29.2. The Balaban J connectivity index is 1.30. The lowest BCUT2D eigenvalue weighted by molar-refractivity contribution is -0.123. The highest BCUT2D eigenvalue weighted by Crippen LogP contribution is 2.45. The summed E-state index contributed by atoms with van der Waals surface area (Å²) in [5.74, 6) is -0.514.